The van der Waals surface area contributed by atoms with E-state index in [1.165, 1.54) is 0 Å². The van der Waals surface area contributed by atoms with Crippen molar-refractivity contribution < 1.29 is 19.4 Å². The summed E-state index contributed by atoms with van der Waals surface area (Å²) in [4.78, 5) is 27.4. The van der Waals surface area contributed by atoms with Crippen LogP contribution in [-0.4, -0.2) is 48.2 Å². The van der Waals surface area contributed by atoms with Gasteiger partial charge in [-0.05, 0) is 73.7 Å². The molecule has 7 nitrogen and oxygen atoms in total. The number of nitrogens with one attached hydrogen (secondary N) is 2. The van der Waals surface area contributed by atoms with Gasteiger partial charge in [0.1, 0.15) is 6.10 Å². The number of carbonyl (C=O) groups excluding carboxylic acids is 2. The number of aryl methyl sites for hydroxylation is 1. The lowest BCUT2D eigenvalue weighted by Gasteiger charge is -2.28. The summed E-state index contributed by atoms with van der Waals surface area (Å²) in [6.45, 7) is 1.73. The number of aliphatic hydroxyl groups excluding tert-OH is 1. The molecule has 1 aliphatic rings. The summed E-state index contributed by atoms with van der Waals surface area (Å²) >= 11 is 6.20. The van der Waals surface area contributed by atoms with Crippen LogP contribution in [0, 0.1) is 0 Å². The molecule has 0 atom stereocenters. The Morgan fingerprint density at radius 2 is 1.68 bits per heavy atom. The van der Waals surface area contributed by atoms with Crippen LogP contribution in [-0.2, 0) is 22.6 Å². The average molecular weight is 536 g/mol. The maximum Gasteiger partial charge on any atom is 0.411 e. The van der Waals surface area contributed by atoms with Gasteiger partial charge >= 0.3 is 6.09 Å². The van der Waals surface area contributed by atoms with Crippen LogP contribution in [0.1, 0.15) is 36.8 Å². The number of rotatable bonds is 9. The highest BCUT2D eigenvalue weighted by Crippen LogP contribution is 2.30. The van der Waals surface area contributed by atoms with E-state index in [4.69, 9.17) is 16.3 Å². The van der Waals surface area contributed by atoms with Crippen LogP contribution < -0.4 is 10.6 Å². The number of benzene rings is 3. The molecule has 0 aliphatic carbocycles. The first kappa shape index (κ1) is 27.6. The van der Waals surface area contributed by atoms with Gasteiger partial charge < -0.3 is 20.1 Å². The fourth-order valence-electron chi connectivity index (χ4n) is 4.53. The molecule has 38 heavy (non-hydrogen) atoms. The second kappa shape index (κ2) is 13.4. The number of ether oxygens (including phenoxy) is 1. The van der Waals surface area contributed by atoms with E-state index in [-0.39, 0.29) is 18.6 Å². The van der Waals surface area contributed by atoms with Crippen molar-refractivity contribution in [1.82, 2.24) is 4.90 Å². The second-order valence-corrected chi connectivity index (χ2v) is 10.1. The molecule has 1 aliphatic heterocycles. The first-order valence-electron chi connectivity index (χ1n) is 12.9. The number of nitrogens with zero attached hydrogens (tertiary/aromatic N) is 1. The SMILES string of the molecule is CN1CCC(OC(=O)Nc2ccc(CCCC(=O)Nc3ccc(CO)cc3Cl)cc2-c2ccccc2)CC1. The monoisotopic (exact) mass is 535 g/mol. The van der Waals surface area contributed by atoms with Crippen molar-refractivity contribution in [2.24, 2.45) is 0 Å². The lowest BCUT2D eigenvalue weighted by atomic mass is 9.98. The van der Waals surface area contributed by atoms with Crippen molar-refractivity contribution in [2.45, 2.75) is 44.8 Å². The molecule has 2 amide bonds. The predicted molar refractivity (Wildman–Crippen MR) is 151 cm³/mol. The Hall–Kier alpha value is -3.39. The van der Waals surface area contributed by atoms with Crippen LogP contribution in [0.15, 0.2) is 66.7 Å². The van der Waals surface area contributed by atoms with Crippen molar-refractivity contribution in [3.63, 3.8) is 0 Å². The number of amides is 2. The number of hydrogen-bond acceptors (Lipinski definition) is 5. The second-order valence-electron chi connectivity index (χ2n) is 9.65. The van der Waals surface area contributed by atoms with Crippen LogP contribution in [0.4, 0.5) is 16.2 Å². The van der Waals surface area contributed by atoms with Crippen LogP contribution in [0.25, 0.3) is 11.1 Å². The van der Waals surface area contributed by atoms with Gasteiger partial charge in [0.25, 0.3) is 0 Å². The third-order valence-corrected chi connectivity index (χ3v) is 7.02. The first-order chi connectivity index (χ1) is 18.4. The predicted octanol–water partition coefficient (Wildman–Crippen LogP) is 6.10. The van der Waals surface area contributed by atoms with Crippen LogP contribution in [0.5, 0.6) is 0 Å². The van der Waals surface area contributed by atoms with Gasteiger partial charge in [0.2, 0.25) is 5.91 Å². The zero-order chi connectivity index (χ0) is 26.9. The van der Waals surface area contributed by atoms with Crippen LogP contribution in [0.2, 0.25) is 5.02 Å². The summed E-state index contributed by atoms with van der Waals surface area (Å²) in [7, 11) is 2.07. The van der Waals surface area contributed by atoms with E-state index in [1.54, 1.807) is 18.2 Å². The molecule has 8 heteroatoms. The summed E-state index contributed by atoms with van der Waals surface area (Å²) in [5, 5.41) is 15.4. The lowest BCUT2D eigenvalue weighted by Crippen LogP contribution is -2.36. The van der Waals surface area contributed by atoms with Gasteiger partial charge in [-0.2, -0.15) is 0 Å². The summed E-state index contributed by atoms with van der Waals surface area (Å²) in [5.41, 5.74) is 4.87. The summed E-state index contributed by atoms with van der Waals surface area (Å²) in [6.07, 6.45) is 2.85. The van der Waals surface area contributed by atoms with Gasteiger partial charge in [0.15, 0.2) is 0 Å². The van der Waals surface area contributed by atoms with E-state index in [0.29, 0.717) is 41.2 Å². The highest BCUT2D eigenvalue weighted by atomic mass is 35.5. The Morgan fingerprint density at radius 1 is 0.974 bits per heavy atom. The molecule has 3 N–H and O–H groups in total. The molecule has 0 radical (unpaired) electrons. The van der Waals surface area contributed by atoms with Gasteiger partial charge in [-0.15, -0.1) is 0 Å². The maximum absolute atomic E-state index is 12.7. The summed E-state index contributed by atoms with van der Waals surface area (Å²) in [6, 6.07) is 20.9. The number of likely N-dealkylation sites (tertiary alicyclic amines) is 1. The molecule has 0 aromatic heterocycles. The number of hydrogen-bond donors (Lipinski definition) is 3. The number of anilines is 2. The van der Waals surface area contributed by atoms with Crippen LogP contribution in [0.3, 0.4) is 0 Å². The highest BCUT2D eigenvalue weighted by molar-refractivity contribution is 6.33. The van der Waals surface area contributed by atoms with Gasteiger partial charge in [-0.25, -0.2) is 4.79 Å². The minimum absolute atomic E-state index is 0.0701. The Kier molecular flexibility index (Phi) is 9.76. The molecule has 3 aromatic rings. The number of aliphatic hydroxyl groups is 1. The van der Waals surface area contributed by atoms with Gasteiger partial charge in [0.05, 0.1) is 23.0 Å². The third kappa shape index (κ3) is 7.81. The molecule has 1 fully saturated rings. The minimum atomic E-state index is -0.438. The molecule has 0 spiro atoms. The molecule has 4 rings (SSSR count). The van der Waals surface area contributed by atoms with Crippen molar-refractivity contribution in [3.05, 3.63) is 82.9 Å². The van der Waals surface area contributed by atoms with E-state index in [2.05, 4.69) is 28.6 Å². The molecule has 0 unspecified atom stereocenters. The number of piperidine rings is 1. The van der Waals surface area contributed by atoms with E-state index in [1.807, 2.05) is 42.5 Å². The first-order valence-corrected chi connectivity index (χ1v) is 13.3. The van der Waals surface area contributed by atoms with Gasteiger partial charge in [-0.1, -0.05) is 54.1 Å². The zero-order valence-electron chi connectivity index (χ0n) is 21.6. The smallest absolute Gasteiger partial charge is 0.411 e. The Balaban J connectivity index is 1.37. The van der Waals surface area contributed by atoms with E-state index in [0.717, 1.165) is 42.6 Å². The summed E-state index contributed by atoms with van der Waals surface area (Å²) in [5.74, 6) is -0.123. The quantitative estimate of drug-likeness (QED) is 0.308. The van der Waals surface area contributed by atoms with E-state index in [9.17, 15) is 14.7 Å². The number of halogens is 1. The topological polar surface area (TPSA) is 90.9 Å². The van der Waals surface area contributed by atoms with Crippen molar-refractivity contribution >= 4 is 35.0 Å². The van der Waals surface area contributed by atoms with E-state index < -0.39 is 6.09 Å². The molecule has 1 saturated heterocycles. The molecular weight excluding hydrogens is 502 g/mol. The average Bonchev–Trinajstić information content (AvgIpc) is 2.92. The maximum atomic E-state index is 12.7. The molecule has 0 saturated carbocycles. The van der Waals surface area contributed by atoms with E-state index >= 15 is 0 Å². The Labute approximate surface area is 228 Å². The standard InChI is InChI=1S/C30H34ClN3O4/c1-34-16-14-24(15-17-34)38-30(37)33-27-12-10-21(18-25(27)23-7-3-2-4-8-23)6-5-9-29(36)32-28-13-11-22(20-35)19-26(28)31/h2-4,7-8,10-13,18-19,24,35H,5-6,9,14-17,20H2,1H3,(H,32,36)(H,33,37). The van der Waals surface area contributed by atoms with Gasteiger partial charge in [0, 0.05) is 25.1 Å². The van der Waals surface area contributed by atoms with Gasteiger partial charge in [-0.3, -0.25) is 10.1 Å². The molecular formula is C30H34ClN3O4. The van der Waals surface area contributed by atoms with Crippen molar-refractivity contribution in [3.8, 4) is 11.1 Å². The zero-order valence-corrected chi connectivity index (χ0v) is 22.3. The molecule has 200 valence electrons. The molecule has 3 aromatic carbocycles. The normalized spacial score (nSPS) is 14.2. The summed E-state index contributed by atoms with van der Waals surface area (Å²) < 4.78 is 5.68. The molecule has 0 bridgehead atoms. The third-order valence-electron chi connectivity index (χ3n) is 6.70. The fourth-order valence-corrected chi connectivity index (χ4v) is 4.78. The molecule has 1 heterocycles. The largest absolute Gasteiger partial charge is 0.446 e. The highest BCUT2D eigenvalue weighted by Gasteiger charge is 2.21. The lowest BCUT2D eigenvalue weighted by molar-refractivity contribution is -0.116. The Bertz CT molecular complexity index is 1240. The van der Waals surface area contributed by atoms with Crippen molar-refractivity contribution in [2.75, 3.05) is 30.8 Å². The fraction of sp³-hybridized carbons (Fsp3) is 0.333. The van der Waals surface area contributed by atoms with Crippen LogP contribution >= 0.6 is 11.6 Å². The minimum Gasteiger partial charge on any atom is -0.446 e. The number of carbonyl (C=O) groups is 2. The Morgan fingerprint density at radius 3 is 2.39 bits per heavy atom. The van der Waals surface area contributed by atoms with Crippen molar-refractivity contribution in [1.29, 1.82) is 0 Å².